The average Bonchev–Trinajstić information content (AvgIpc) is 3.04. The van der Waals surface area contributed by atoms with Crippen LogP contribution in [0.2, 0.25) is 0 Å². The molecule has 0 spiro atoms. The lowest BCUT2D eigenvalue weighted by atomic mass is 10.2. The van der Waals surface area contributed by atoms with E-state index in [1.54, 1.807) is 11.7 Å². The highest BCUT2D eigenvalue weighted by atomic mass is 32.1. The molecule has 1 aliphatic heterocycles. The molecule has 1 aromatic heterocycles. The van der Waals surface area contributed by atoms with Gasteiger partial charge in [0.05, 0.1) is 18.2 Å². The van der Waals surface area contributed by atoms with Gasteiger partial charge in [0.25, 0.3) is 5.56 Å². The van der Waals surface area contributed by atoms with E-state index in [4.69, 9.17) is 9.47 Å². The van der Waals surface area contributed by atoms with Crippen LogP contribution >= 0.6 is 11.3 Å². The molecule has 0 amide bonds. The first-order chi connectivity index (χ1) is 13.7. The van der Waals surface area contributed by atoms with Crippen LogP contribution in [0.15, 0.2) is 58.3 Å². The first kappa shape index (κ1) is 18.3. The Morgan fingerprint density at radius 2 is 1.82 bits per heavy atom. The van der Waals surface area contributed by atoms with Crippen molar-refractivity contribution in [3.63, 3.8) is 0 Å². The smallest absolute Gasteiger partial charge is 0.271 e. The number of fused-ring (bicyclic) bond motifs is 1. The van der Waals surface area contributed by atoms with E-state index in [9.17, 15) is 4.79 Å². The molecule has 0 fully saturated rings. The molecule has 0 saturated carbocycles. The third kappa shape index (κ3) is 3.66. The molecule has 1 aliphatic rings. The van der Waals surface area contributed by atoms with Crippen molar-refractivity contribution < 1.29 is 9.47 Å². The maximum Gasteiger partial charge on any atom is 0.271 e. The van der Waals surface area contributed by atoms with Gasteiger partial charge in [-0.1, -0.05) is 23.5 Å². The van der Waals surface area contributed by atoms with Crippen LogP contribution in [0.4, 0.5) is 5.69 Å². The standard InChI is InChI=1S/C21H21N3O3S/c1-3-27-18-8-4-15(5-9-18)12-19-20(25)24-14-23(13-22-21(24)28-19)16-6-10-17(26-2)11-7-16/h4-12H,3,13-14H2,1-2H3. The number of aromatic nitrogens is 1. The topological polar surface area (TPSA) is 56.1 Å². The highest BCUT2D eigenvalue weighted by Crippen LogP contribution is 2.20. The molecule has 4 rings (SSSR count). The Labute approximate surface area is 166 Å². The van der Waals surface area contributed by atoms with E-state index in [0.717, 1.165) is 27.6 Å². The van der Waals surface area contributed by atoms with E-state index in [2.05, 4.69) is 9.89 Å². The summed E-state index contributed by atoms with van der Waals surface area (Å²) in [6.07, 6.45) is 1.90. The molecule has 3 aromatic rings. The number of anilines is 1. The number of hydrogen-bond acceptors (Lipinski definition) is 6. The second-order valence-electron chi connectivity index (χ2n) is 6.31. The van der Waals surface area contributed by atoms with Gasteiger partial charge in [-0.2, -0.15) is 0 Å². The molecule has 144 valence electrons. The molecule has 2 aromatic carbocycles. The minimum atomic E-state index is -0.0177. The van der Waals surface area contributed by atoms with Gasteiger partial charge < -0.3 is 14.4 Å². The quantitative estimate of drug-likeness (QED) is 0.665. The molecule has 0 bridgehead atoms. The number of benzene rings is 2. The first-order valence-corrected chi connectivity index (χ1v) is 9.87. The molecular formula is C21H21N3O3S. The van der Waals surface area contributed by atoms with Gasteiger partial charge in [-0.05, 0) is 55.0 Å². The molecule has 0 unspecified atom stereocenters. The molecular weight excluding hydrogens is 374 g/mol. The number of nitrogens with zero attached hydrogens (tertiary/aromatic N) is 3. The summed E-state index contributed by atoms with van der Waals surface area (Å²) >= 11 is 1.42. The third-order valence-electron chi connectivity index (χ3n) is 4.50. The van der Waals surface area contributed by atoms with Crippen molar-refractivity contribution in [2.45, 2.75) is 13.6 Å². The van der Waals surface area contributed by atoms with Crippen molar-refractivity contribution in [1.29, 1.82) is 0 Å². The molecule has 0 radical (unpaired) electrons. The van der Waals surface area contributed by atoms with E-state index in [1.807, 2.05) is 61.5 Å². The maximum absolute atomic E-state index is 12.9. The Morgan fingerprint density at radius 3 is 2.50 bits per heavy atom. The lowest BCUT2D eigenvalue weighted by molar-refractivity contribution is 0.340. The van der Waals surface area contributed by atoms with Gasteiger partial charge in [-0.3, -0.25) is 9.36 Å². The number of rotatable bonds is 5. The predicted octanol–water partition coefficient (Wildman–Crippen LogP) is 2.20. The Kier molecular flexibility index (Phi) is 5.16. The molecule has 0 N–H and O–H groups in total. The number of hydrogen-bond donors (Lipinski definition) is 0. The molecule has 0 atom stereocenters. The largest absolute Gasteiger partial charge is 0.497 e. The average molecular weight is 395 g/mol. The lowest BCUT2D eigenvalue weighted by Crippen LogP contribution is -2.42. The van der Waals surface area contributed by atoms with Gasteiger partial charge in [0.1, 0.15) is 24.8 Å². The molecule has 28 heavy (non-hydrogen) atoms. The van der Waals surface area contributed by atoms with E-state index >= 15 is 0 Å². The summed E-state index contributed by atoms with van der Waals surface area (Å²) in [5.41, 5.74) is 1.95. The van der Waals surface area contributed by atoms with Gasteiger partial charge in [0.15, 0.2) is 4.80 Å². The van der Waals surface area contributed by atoms with Gasteiger partial charge in [0.2, 0.25) is 0 Å². The summed E-state index contributed by atoms with van der Waals surface area (Å²) < 4.78 is 13.1. The fraction of sp³-hybridized carbons (Fsp3) is 0.238. The summed E-state index contributed by atoms with van der Waals surface area (Å²) in [4.78, 5) is 20.3. The first-order valence-electron chi connectivity index (χ1n) is 9.05. The molecule has 6 nitrogen and oxygen atoms in total. The fourth-order valence-electron chi connectivity index (χ4n) is 3.05. The minimum Gasteiger partial charge on any atom is -0.497 e. The molecule has 0 saturated heterocycles. The second-order valence-corrected chi connectivity index (χ2v) is 7.32. The second kappa shape index (κ2) is 7.90. The van der Waals surface area contributed by atoms with Gasteiger partial charge in [-0.15, -0.1) is 0 Å². The van der Waals surface area contributed by atoms with Gasteiger partial charge >= 0.3 is 0 Å². The minimum absolute atomic E-state index is 0.0177. The van der Waals surface area contributed by atoms with E-state index < -0.39 is 0 Å². The lowest BCUT2D eigenvalue weighted by Gasteiger charge is -2.25. The number of ether oxygens (including phenoxy) is 2. The number of thiazole rings is 1. The monoisotopic (exact) mass is 395 g/mol. The zero-order valence-corrected chi connectivity index (χ0v) is 16.6. The van der Waals surface area contributed by atoms with Crippen molar-refractivity contribution in [2.24, 2.45) is 4.99 Å². The Morgan fingerprint density at radius 1 is 1.11 bits per heavy atom. The van der Waals surface area contributed by atoms with Crippen LogP contribution in [-0.4, -0.2) is 25.0 Å². The molecule has 7 heteroatoms. The summed E-state index contributed by atoms with van der Waals surface area (Å²) in [5, 5.41) is 0. The van der Waals surface area contributed by atoms with E-state index in [0.29, 0.717) is 24.5 Å². The highest BCUT2D eigenvalue weighted by molar-refractivity contribution is 7.07. The Bertz CT molecular complexity index is 1130. The summed E-state index contributed by atoms with van der Waals surface area (Å²) in [6, 6.07) is 15.5. The van der Waals surface area contributed by atoms with Crippen molar-refractivity contribution in [3.8, 4) is 11.5 Å². The van der Waals surface area contributed by atoms with Crippen LogP contribution in [0, 0.1) is 0 Å². The number of methoxy groups -OCH3 is 1. The predicted molar refractivity (Wildman–Crippen MR) is 111 cm³/mol. The van der Waals surface area contributed by atoms with Crippen LogP contribution in [0.3, 0.4) is 0 Å². The fourth-order valence-corrected chi connectivity index (χ4v) is 4.01. The summed E-state index contributed by atoms with van der Waals surface area (Å²) in [5.74, 6) is 1.63. The van der Waals surface area contributed by atoms with Crippen molar-refractivity contribution in [3.05, 3.63) is 73.8 Å². The van der Waals surface area contributed by atoms with E-state index in [-0.39, 0.29) is 5.56 Å². The third-order valence-corrected chi connectivity index (χ3v) is 5.55. The van der Waals surface area contributed by atoms with Crippen molar-refractivity contribution in [2.75, 3.05) is 25.3 Å². The Hall–Kier alpha value is -3.06. The highest BCUT2D eigenvalue weighted by Gasteiger charge is 2.16. The Balaban J connectivity index is 1.61. The van der Waals surface area contributed by atoms with Crippen LogP contribution in [0.1, 0.15) is 12.5 Å². The molecule has 0 aliphatic carbocycles. The molecule has 2 heterocycles. The summed E-state index contributed by atoms with van der Waals surface area (Å²) in [7, 11) is 1.64. The van der Waals surface area contributed by atoms with Crippen molar-refractivity contribution in [1.82, 2.24) is 4.57 Å². The van der Waals surface area contributed by atoms with Crippen LogP contribution in [-0.2, 0) is 6.67 Å². The van der Waals surface area contributed by atoms with Crippen LogP contribution in [0.25, 0.3) is 6.08 Å². The van der Waals surface area contributed by atoms with Gasteiger partial charge in [0, 0.05) is 5.69 Å². The van der Waals surface area contributed by atoms with Gasteiger partial charge in [-0.25, -0.2) is 4.99 Å². The van der Waals surface area contributed by atoms with E-state index in [1.165, 1.54) is 11.3 Å². The zero-order valence-electron chi connectivity index (χ0n) is 15.8. The SMILES string of the molecule is CCOc1ccc(C=c2sc3n(c2=O)CN(c2ccc(OC)cc2)CN=3)cc1. The van der Waals surface area contributed by atoms with Crippen LogP contribution < -0.4 is 29.3 Å². The van der Waals surface area contributed by atoms with Crippen LogP contribution in [0.5, 0.6) is 11.5 Å². The normalized spacial score (nSPS) is 13.8. The summed E-state index contributed by atoms with van der Waals surface area (Å²) in [6.45, 7) is 3.59. The van der Waals surface area contributed by atoms with Crippen molar-refractivity contribution >= 4 is 23.1 Å². The zero-order chi connectivity index (χ0) is 19.5. The maximum atomic E-state index is 12.9.